The van der Waals surface area contributed by atoms with Crippen LogP contribution in [0.2, 0.25) is 18.1 Å². The lowest BCUT2D eigenvalue weighted by atomic mass is 9.87. The lowest BCUT2D eigenvalue weighted by Crippen LogP contribution is -2.43. The summed E-state index contributed by atoms with van der Waals surface area (Å²) < 4.78 is 5.76. The Labute approximate surface area is 149 Å². The van der Waals surface area contributed by atoms with Gasteiger partial charge in [-0.2, -0.15) is 0 Å². The number of carbonyl (C=O) groups is 1. The number of aliphatic hydroxyl groups excluding tert-OH is 1. The van der Waals surface area contributed by atoms with Gasteiger partial charge in [0.25, 0.3) is 0 Å². The summed E-state index contributed by atoms with van der Waals surface area (Å²) in [6.07, 6.45) is 1.41. The summed E-state index contributed by atoms with van der Waals surface area (Å²) in [5.41, 5.74) is -0.537. The highest BCUT2D eigenvalue weighted by atomic mass is 28.3. The van der Waals surface area contributed by atoms with Crippen LogP contribution in [0.4, 0.5) is 4.79 Å². The van der Waals surface area contributed by atoms with E-state index < -0.39 is 26.6 Å². The maximum absolute atomic E-state index is 12.5. The zero-order valence-corrected chi connectivity index (χ0v) is 17.5. The summed E-state index contributed by atoms with van der Waals surface area (Å²) in [6.45, 7) is 15.9. The van der Waals surface area contributed by atoms with E-state index in [0.29, 0.717) is 17.4 Å². The normalized spacial score (nSPS) is 24.2. The Bertz CT molecular complexity index is 417. The average molecular weight is 360 g/mol. The second-order valence-corrected chi connectivity index (χ2v) is 11.7. The van der Waals surface area contributed by atoms with Crippen LogP contribution in [0.15, 0.2) is 0 Å². The van der Waals surface area contributed by atoms with Gasteiger partial charge < -0.3 is 14.9 Å². The molecule has 0 saturated carbocycles. The van der Waals surface area contributed by atoms with Crippen molar-refractivity contribution in [3.8, 4) is 0 Å². The molecule has 3 N–H and O–H groups in total. The zero-order valence-electron chi connectivity index (χ0n) is 16.5. The highest BCUT2D eigenvalue weighted by Crippen LogP contribution is 2.44. The Kier molecular flexibility index (Phi) is 7.32. The van der Waals surface area contributed by atoms with Crippen molar-refractivity contribution in [2.24, 2.45) is 5.92 Å². The van der Waals surface area contributed by atoms with Crippen LogP contribution < -0.4 is 0 Å². The van der Waals surface area contributed by atoms with Gasteiger partial charge in [-0.25, -0.2) is 4.79 Å². The van der Waals surface area contributed by atoms with E-state index in [0.717, 1.165) is 12.8 Å². The molecule has 5 nitrogen and oxygen atoms in total. The second kappa shape index (κ2) is 8.19. The van der Waals surface area contributed by atoms with Gasteiger partial charge in [0.15, 0.2) is 6.61 Å². The number of amides is 1. The van der Waals surface area contributed by atoms with Crippen molar-refractivity contribution in [1.29, 1.82) is 0 Å². The predicted molar refractivity (Wildman–Crippen MR) is 100 cm³/mol. The third kappa shape index (κ3) is 5.20. The summed E-state index contributed by atoms with van der Waals surface area (Å²) in [6, 6.07) is -0.231. The van der Waals surface area contributed by atoms with Crippen LogP contribution in [-0.2, 0) is 4.74 Å². The van der Waals surface area contributed by atoms with E-state index in [1.165, 1.54) is 4.90 Å². The topological polar surface area (TPSA) is 72.7 Å². The van der Waals surface area contributed by atoms with E-state index in [-0.39, 0.29) is 19.2 Å². The van der Waals surface area contributed by atoms with Gasteiger partial charge >= 0.3 is 14.9 Å². The fourth-order valence-corrected chi connectivity index (χ4v) is 5.11. The first-order chi connectivity index (χ1) is 10.9. The number of hydrogen-bond acceptors (Lipinski definition) is 3. The molecule has 0 spiro atoms. The Balaban J connectivity index is 2.67. The van der Waals surface area contributed by atoms with E-state index in [2.05, 4.69) is 33.9 Å². The van der Waals surface area contributed by atoms with E-state index in [1.807, 2.05) is 13.8 Å². The molecule has 140 valence electrons. The molecule has 3 atom stereocenters. The Morgan fingerprint density at radius 1 is 1.33 bits per heavy atom. The molecule has 1 aliphatic heterocycles. The smallest absolute Gasteiger partial charge is 0.410 e. The highest BCUT2D eigenvalue weighted by Gasteiger charge is 2.45. The molecule has 1 fully saturated rings. The van der Waals surface area contributed by atoms with Crippen molar-refractivity contribution >= 4 is 14.9 Å². The lowest BCUT2D eigenvalue weighted by Gasteiger charge is -2.34. The van der Waals surface area contributed by atoms with Crippen LogP contribution in [0, 0.1) is 5.92 Å². The Hall–Kier alpha value is -0.593. The Morgan fingerprint density at radius 2 is 1.92 bits per heavy atom. The molecule has 0 radical (unpaired) electrons. The van der Waals surface area contributed by atoms with Gasteiger partial charge in [0.05, 0.1) is 30.8 Å². The number of β-amino-alcohol motifs (C(OH)–C–C–N with tert-alkyl or cyclic N) is 1. The molecule has 6 heteroatoms. The molecule has 0 aliphatic carbocycles. The summed E-state index contributed by atoms with van der Waals surface area (Å²) in [7, 11) is -0.465. The quantitative estimate of drug-likeness (QED) is 0.561. The number of nitrogens with zero attached hydrogens (tertiary/aromatic N) is 1. The zero-order chi connectivity index (χ0) is 18.7. The first kappa shape index (κ1) is 21.4. The minimum Gasteiger partial charge on any atom is -0.444 e. The SMILES string of the molecule is CC(C)C(C)(CCC(C)(C)OC(=O)N1C[C@H](O)C[C@@H]1C[OH2+])[Si+](C)C. The van der Waals surface area contributed by atoms with Crippen molar-refractivity contribution in [2.45, 2.75) is 89.8 Å². The molecule has 1 unspecified atom stereocenters. The monoisotopic (exact) mass is 359 g/mol. The standard InChI is InChI=1S/C18H36NO4Si/c1-13(2)18(5,24(6)7)9-8-17(3,4)23-16(22)19-11-15(21)10-14(19)12-20/h13-15,20-21H,8-12H2,1-7H3/q+1/p+1/t14-,15-,18?/m1/s1. The van der Waals surface area contributed by atoms with E-state index in [4.69, 9.17) is 9.84 Å². The van der Waals surface area contributed by atoms with Crippen molar-refractivity contribution < 1.29 is 19.7 Å². The molecule has 24 heavy (non-hydrogen) atoms. The summed E-state index contributed by atoms with van der Waals surface area (Å²) in [5, 5.41) is 17.6. The van der Waals surface area contributed by atoms with E-state index >= 15 is 0 Å². The average Bonchev–Trinajstić information content (AvgIpc) is 2.85. The first-order valence-corrected chi connectivity index (χ1v) is 11.6. The fourth-order valence-electron chi connectivity index (χ4n) is 3.33. The maximum Gasteiger partial charge on any atom is 0.410 e. The van der Waals surface area contributed by atoms with Gasteiger partial charge in [0.1, 0.15) is 11.6 Å². The third-order valence-corrected chi connectivity index (χ3v) is 9.00. The maximum atomic E-state index is 12.5. The van der Waals surface area contributed by atoms with Gasteiger partial charge in [-0.3, -0.25) is 4.90 Å². The molecule has 1 aliphatic rings. The number of carbonyl (C=O) groups excluding carboxylic acids is 1. The van der Waals surface area contributed by atoms with Gasteiger partial charge in [-0.1, -0.05) is 13.8 Å². The Morgan fingerprint density at radius 3 is 2.38 bits per heavy atom. The minimum atomic E-state index is -0.537. The number of ether oxygens (including phenoxy) is 1. The predicted octanol–water partition coefficient (Wildman–Crippen LogP) is 3.01. The molecule has 1 heterocycles. The molecular formula is C18H37NO4Si+2. The summed E-state index contributed by atoms with van der Waals surface area (Å²) in [4.78, 5) is 14.0. The molecule has 0 aromatic carbocycles. The number of rotatable bonds is 7. The minimum absolute atomic E-state index is 0.107. The third-order valence-electron chi connectivity index (χ3n) is 5.89. The van der Waals surface area contributed by atoms with Gasteiger partial charge in [-0.15, -0.1) is 0 Å². The van der Waals surface area contributed by atoms with Crippen LogP contribution >= 0.6 is 0 Å². The van der Waals surface area contributed by atoms with Crippen LogP contribution in [0.3, 0.4) is 0 Å². The van der Waals surface area contributed by atoms with Crippen molar-refractivity contribution in [3.05, 3.63) is 0 Å². The van der Waals surface area contributed by atoms with Gasteiger partial charge in [0, 0.05) is 6.42 Å². The second-order valence-electron chi connectivity index (χ2n) is 8.60. The van der Waals surface area contributed by atoms with Crippen molar-refractivity contribution in [2.75, 3.05) is 13.2 Å². The summed E-state index contributed by atoms with van der Waals surface area (Å²) in [5.74, 6) is 0.606. The van der Waals surface area contributed by atoms with Crippen molar-refractivity contribution in [3.63, 3.8) is 0 Å². The van der Waals surface area contributed by atoms with Crippen molar-refractivity contribution in [1.82, 2.24) is 4.90 Å². The number of aliphatic hydroxyl groups is 1. The van der Waals surface area contributed by atoms with E-state index in [1.54, 1.807) is 0 Å². The molecular weight excluding hydrogens is 322 g/mol. The molecule has 1 rings (SSSR count). The van der Waals surface area contributed by atoms with Crippen LogP contribution in [0.25, 0.3) is 0 Å². The molecule has 1 saturated heterocycles. The van der Waals surface area contributed by atoms with Gasteiger partial charge in [0.2, 0.25) is 0 Å². The van der Waals surface area contributed by atoms with Crippen LogP contribution in [-0.4, -0.2) is 60.9 Å². The lowest BCUT2D eigenvalue weighted by molar-refractivity contribution is -0.00205. The van der Waals surface area contributed by atoms with Crippen LogP contribution in [0.1, 0.15) is 53.9 Å². The van der Waals surface area contributed by atoms with Gasteiger partial charge in [-0.05, 0) is 39.5 Å². The molecule has 0 bridgehead atoms. The highest BCUT2D eigenvalue weighted by molar-refractivity contribution is 6.59. The number of hydrogen-bond donors (Lipinski definition) is 1. The first-order valence-electron chi connectivity index (χ1n) is 9.06. The largest absolute Gasteiger partial charge is 0.444 e. The van der Waals surface area contributed by atoms with Crippen LogP contribution in [0.5, 0.6) is 0 Å². The molecule has 0 aromatic rings. The number of likely N-dealkylation sites (tertiary alicyclic amines) is 1. The molecule has 0 aromatic heterocycles. The molecule has 1 amide bonds. The fraction of sp³-hybridized carbons (Fsp3) is 0.944. The van der Waals surface area contributed by atoms with E-state index in [9.17, 15) is 9.90 Å². The summed E-state index contributed by atoms with van der Waals surface area (Å²) >= 11 is 0.